The van der Waals surface area contributed by atoms with Crippen molar-refractivity contribution >= 4 is 10.8 Å². The van der Waals surface area contributed by atoms with Crippen molar-refractivity contribution in [2.45, 2.75) is 59.0 Å². The van der Waals surface area contributed by atoms with Crippen molar-refractivity contribution in [3.8, 4) is 17.2 Å². The Morgan fingerprint density at radius 3 is 2.54 bits per heavy atom. The Labute approximate surface area is 224 Å². The van der Waals surface area contributed by atoms with Crippen LogP contribution in [0.3, 0.4) is 0 Å². The second-order valence-corrected chi connectivity index (χ2v) is 10.4. The molecule has 0 unspecified atom stereocenters. The van der Waals surface area contributed by atoms with Gasteiger partial charge < -0.3 is 5.32 Å². The van der Waals surface area contributed by atoms with Gasteiger partial charge in [0.1, 0.15) is 11.6 Å². The number of nitrogens with one attached hydrogen (secondary N) is 1. The Kier molecular flexibility index (Phi) is 6.18. The largest absolute Gasteiger partial charge is 0.338 e. The third-order valence-corrected chi connectivity index (χ3v) is 7.55. The van der Waals surface area contributed by atoms with Gasteiger partial charge in [-0.15, -0.1) is 0 Å². The number of aromatic nitrogens is 5. The zero-order valence-electron chi connectivity index (χ0n) is 22.4. The Balaban J connectivity index is 1.60. The molecule has 0 saturated heterocycles. The average molecular weight is 529 g/mol. The first-order chi connectivity index (χ1) is 18.8. The number of hydrogen-bond donors (Lipinski definition) is 1. The van der Waals surface area contributed by atoms with Gasteiger partial charge in [-0.2, -0.15) is 5.10 Å². The Hall–Kier alpha value is -4.11. The van der Waals surface area contributed by atoms with Crippen molar-refractivity contribution in [1.82, 2.24) is 29.2 Å². The molecule has 0 saturated carbocycles. The summed E-state index contributed by atoms with van der Waals surface area (Å²) in [6.07, 6.45) is 8.84. The maximum atomic E-state index is 15.6. The first kappa shape index (κ1) is 25.2. The number of benzene rings is 2. The molecule has 3 aromatic heterocycles. The van der Waals surface area contributed by atoms with Crippen molar-refractivity contribution in [1.29, 1.82) is 0 Å². The predicted molar refractivity (Wildman–Crippen MR) is 147 cm³/mol. The molecule has 200 valence electrons. The lowest BCUT2D eigenvalue weighted by molar-refractivity contribution is 0.398. The normalized spacial score (nSPS) is 17.1. The van der Waals surface area contributed by atoms with Gasteiger partial charge in [-0.05, 0) is 62.6 Å². The second-order valence-electron chi connectivity index (χ2n) is 10.4. The minimum Gasteiger partial charge on any atom is -0.307 e. The molecular weight excluding hydrogens is 498 g/mol. The molecule has 0 amide bonds. The molecule has 0 fully saturated rings. The number of pyridine rings is 1. The van der Waals surface area contributed by atoms with Crippen LogP contribution in [0.1, 0.15) is 55.1 Å². The number of imidazole rings is 1. The Morgan fingerprint density at radius 2 is 1.79 bits per heavy atom. The van der Waals surface area contributed by atoms with Crippen LogP contribution in [0, 0.1) is 25.5 Å². The lowest BCUT2D eigenvalue weighted by Gasteiger charge is -2.29. The summed E-state index contributed by atoms with van der Waals surface area (Å²) in [5.74, 6) is -0.168. The molecule has 39 heavy (non-hydrogen) atoms. The molecule has 2 aromatic carbocycles. The van der Waals surface area contributed by atoms with E-state index in [0.717, 1.165) is 24.1 Å². The van der Waals surface area contributed by atoms with Crippen LogP contribution in [0.2, 0.25) is 0 Å². The third-order valence-electron chi connectivity index (χ3n) is 7.55. The van der Waals surface area contributed by atoms with Gasteiger partial charge in [-0.3, -0.25) is 14.1 Å². The van der Waals surface area contributed by atoms with E-state index in [1.54, 1.807) is 67.5 Å². The van der Waals surface area contributed by atoms with Gasteiger partial charge in [-0.25, -0.2) is 18.3 Å². The van der Waals surface area contributed by atoms with Crippen LogP contribution in [0.5, 0.6) is 0 Å². The van der Waals surface area contributed by atoms with Crippen LogP contribution in [0.25, 0.3) is 28.0 Å². The van der Waals surface area contributed by atoms with E-state index in [2.05, 4.69) is 24.1 Å². The van der Waals surface area contributed by atoms with E-state index in [4.69, 9.17) is 5.10 Å². The summed E-state index contributed by atoms with van der Waals surface area (Å²) in [5, 5.41) is 9.69. The quantitative estimate of drug-likeness (QED) is 0.321. The maximum absolute atomic E-state index is 15.6. The lowest BCUT2D eigenvalue weighted by atomic mass is 9.93. The van der Waals surface area contributed by atoms with E-state index in [1.807, 2.05) is 0 Å². The number of hydrogen-bond acceptors (Lipinski definition) is 4. The van der Waals surface area contributed by atoms with Crippen molar-refractivity contribution in [2.24, 2.45) is 0 Å². The summed E-state index contributed by atoms with van der Waals surface area (Å²) >= 11 is 0. The SMILES string of the molecule is CCC[C@@H]1N[C@H](C)Cc2nn(-c3cc(C)c(F)c(C)c3)c(-n3ccn(-c4ccc5cnccc5c4F)c3=O)c21. The number of rotatable bonds is 5. The first-order valence-corrected chi connectivity index (χ1v) is 13.3. The highest BCUT2D eigenvalue weighted by Gasteiger charge is 2.33. The summed E-state index contributed by atoms with van der Waals surface area (Å²) in [5.41, 5.74) is 3.25. The number of nitrogens with zero attached hydrogens (tertiary/aromatic N) is 5. The summed E-state index contributed by atoms with van der Waals surface area (Å²) in [6, 6.07) is 8.63. The smallest absolute Gasteiger partial charge is 0.307 e. The molecule has 5 aromatic rings. The topological polar surface area (TPSA) is 69.7 Å². The highest BCUT2D eigenvalue weighted by Crippen LogP contribution is 2.35. The lowest BCUT2D eigenvalue weighted by Crippen LogP contribution is -2.38. The van der Waals surface area contributed by atoms with Crippen LogP contribution < -0.4 is 11.0 Å². The standard InChI is InChI=1S/C30H30F2N6O/c1-5-6-23-26-24(15-19(4)34-23)35-38(21-13-17(2)27(31)18(3)14-21)29(26)37-12-11-36(30(37)39)25-8-7-20-16-33-10-9-22(20)28(25)32/h7-14,16,19,23,34H,5-6,15H2,1-4H3/t19-,23+/m1/s1. The summed E-state index contributed by atoms with van der Waals surface area (Å²) in [7, 11) is 0. The Morgan fingerprint density at radius 1 is 1.05 bits per heavy atom. The van der Waals surface area contributed by atoms with Crippen LogP contribution in [-0.4, -0.2) is 29.9 Å². The number of fused-ring (bicyclic) bond motifs is 2. The van der Waals surface area contributed by atoms with Gasteiger partial charge >= 0.3 is 5.69 Å². The highest BCUT2D eigenvalue weighted by atomic mass is 19.1. The highest BCUT2D eigenvalue weighted by molar-refractivity contribution is 5.84. The minimum absolute atomic E-state index is 0.0136. The molecular formula is C30H30F2N6O. The molecule has 7 nitrogen and oxygen atoms in total. The van der Waals surface area contributed by atoms with Gasteiger partial charge in [0.25, 0.3) is 0 Å². The van der Waals surface area contributed by atoms with Crippen LogP contribution in [0.15, 0.2) is 59.9 Å². The van der Waals surface area contributed by atoms with Crippen LogP contribution in [-0.2, 0) is 6.42 Å². The predicted octanol–water partition coefficient (Wildman–Crippen LogP) is 5.63. The van der Waals surface area contributed by atoms with Crippen molar-refractivity contribution < 1.29 is 8.78 Å². The summed E-state index contributed by atoms with van der Waals surface area (Å²) in [6.45, 7) is 7.69. The molecule has 1 aliphatic rings. The second kappa shape index (κ2) is 9.57. The maximum Gasteiger partial charge on any atom is 0.338 e. The fourth-order valence-corrected chi connectivity index (χ4v) is 5.75. The molecule has 4 heterocycles. The van der Waals surface area contributed by atoms with Gasteiger partial charge in [-0.1, -0.05) is 19.4 Å². The van der Waals surface area contributed by atoms with Crippen LogP contribution in [0.4, 0.5) is 8.78 Å². The van der Waals surface area contributed by atoms with Crippen molar-refractivity contribution in [2.75, 3.05) is 0 Å². The number of halogens is 2. The van der Waals surface area contributed by atoms with Crippen molar-refractivity contribution in [3.63, 3.8) is 0 Å². The fourth-order valence-electron chi connectivity index (χ4n) is 5.75. The van der Waals surface area contributed by atoms with Gasteiger partial charge in [0.15, 0.2) is 5.82 Å². The van der Waals surface area contributed by atoms with E-state index in [9.17, 15) is 9.18 Å². The summed E-state index contributed by atoms with van der Waals surface area (Å²) in [4.78, 5) is 18.0. The molecule has 1 N–H and O–H groups in total. The average Bonchev–Trinajstić information content (AvgIpc) is 3.47. The molecule has 0 radical (unpaired) electrons. The first-order valence-electron chi connectivity index (χ1n) is 13.3. The molecule has 1 aliphatic heterocycles. The molecule has 0 aliphatic carbocycles. The zero-order valence-corrected chi connectivity index (χ0v) is 22.4. The van der Waals surface area contributed by atoms with Crippen LogP contribution >= 0.6 is 0 Å². The molecule has 2 atom stereocenters. The third kappa shape index (κ3) is 4.08. The van der Waals surface area contributed by atoms with E-state index >= 15 is 4.39 Å². The van der Waals surface area contributed by atoms with E-state index in [-0.39, 0.29) is 23.6 Å². The zero-order chi connectivity index (χ0) is 27.4. The van der Waals surface area contributed by atoms with Crippen molar-refractivity contribution in [3.05, 3.63) is 99.6 Å². The van der Waals surface area contributed by atoms with Gasteiger partial charge in [0, 0.05) is 59.6 Å². The summed E-state index contributed by atoms with van der Waals surface area (Å²) < 4.78 is 34.7. The Bertz CT molecular complexity index is 1760. The van der Waals surface area contributed by atoms with Gasteiger partial charge in [0.05, 0.1) is 17.1 Å². The van der Waals surface area contributed by atoms with Gasteiger partial charge in [0.2, 0.25) is 0 Å². The van der Waals surface area contributed by atoms with E-state index in [0.29, 0.717) is 39.8 Å². The molecule has 9 heteroatoms. The minimum atomic E-state index is -0.491. The molecule has 0 spiro atoms. The molecule has 6 rings (SSSR count). The molecule has 0 bridgehead atoms. The number of aryl methyl sites for hydroxylation is 2. The monoisotopic (exact) mass is 528 g/mol. The van der Waals surface area contributed by atoms with E-state index < -0.39 is 11.5 Å². The van der Waals surface area contributed by atoms with E-state index in [1.165, 1.54) is 15.3 Å². The fraction of sp³-hybridized carbons (Fsp3) is 0.300.